The molecular weight excluding hydrogens is 326 g/mol. The summed E-state index contributed by atoms with van der Waals surface area (Å²) < 4.78 is 10.4. The van der Waals surface area contributed by atoms with Gasteiger partial charge in [0.15, 0.2) is 18.1 Å². The number of esters is 1. The molecule has 1 aromatic heterocycles. The van der Waals surface area contributed by atoms with Gasteiger partial charge < -0.3 is 19.8 Å². The molecule has 0 spiro atoms. The third-order valence-corrected chi connectivity index (χ3v) is 3.26. The second kappa shape index (κ2) is 9.41. The highest BCUT2D eigenvalue weighted by molar-refractivity contribution is 5.86. The van der Waals surface area contributed by atoms with Crippen molar-refractivity contribution < 1.29 is 23.5 Å². The second-order valence-corrected chi connectivity index (χ2v) is 5.36. The number of aryl methyl sites for hydroxylation is 1. The molecule has 2 N–H and O–H groups in total. The summed E-state index contributed by atoms with van der Waals surface area (Å²) in [6, 6.07) is 7.31. The number of rotatable bonds is 9. The van der Waals surface area contributed by atoms with Gasteiger partial charge in [-0.15, -0.1) is 0 Å². The van der Waals surface area contributed by atoms with E-state index in [0.717, 1.165) is 11.9 Å². The molecule has 0 radical (unpaired) electrons. The number of hydrogen-bond donors (Lipinski definition) is 2. The summed E-state index contributed by atoms with van der Waals surface area (Å²) in [5.41, 5.74) is 1.39. The van der Waals surface area contributed by atoms with Gasteiger partial charge in [0.05, 0.1) is 13.0 Å². The number of ether oxygens (including phenoxy) is 1. The fourth-order valence-corrected chi connectivity index (χ4v) is 2.01. The zero-order valence-corrected chi connectivity index (χ0v) is 14.0. The maximum atomic E-state index is 11.7. The molecule has 0 bridgehead atoms. The lowest BCUT2D eigenvalue weighted by Crippen LogP contribution is -2.38. The topological polar surface area (TPSA) is 111 Å². The molecule has 0 atom stereocenters. The van der Waals surface area contributed by atoms with Gasteiger partial charge >= 0.3 is 5.97 Å². The third kappa shape index (κ3) is 6.25. The van der Waals surface area contributed by atoms with Gasteiger partial charge in [-0.25, -0.2) is 4.98 Å². The van der Waals surface area contributed by atoms with E-state index in [4.69, 9.17) is 9.15 Å². The maximum absolute atomic E-state index is 11.7. The number of amides is 2. The Kier molecular flexibility index (Phi) is 6.94. The molecule has 1 aromatic carbocycles. The SMILES string of the molecule is CCCNC(=O)CNC(=O)COC(=O)CCc1nc2ccccc2o1. The lowest BCUT2D eigenvalue weighted by molar-refractivity contribution is -0.148. The molecular formula is C17H21N3O5. The van der Waals surface area contributed by atoms with Crippen molar-refractivity contribution in [3.8, 4) is 0 Å². The molecule has 0 aliphatic heterocycles. The fraction of sp³-hybridized carbons (Fsp3) is 0.412. The first kappa shape index (κ1) is 18.4. The number of carbonyl (C=O) groups excluding carboxylic acids is 3. The highest BCUT2D eigenvalue weighted by Crippen LogP contribution is 2.15. The van der Waals surface area contributed by atoms with Crippen LogP contribution < -0.4 is 10.6 Å². The van der Waals surface area contributed by atoms with Crippen LogP contribution >= 0.6 is 0 Å². The molecule has 8 heteroatoms. The van der Waals surface area contributed by atoms with Crippen LogP contribution in [-0.4, -0.2) is 42.5 Å². The molecule has 2 amide bonds. The third-order valence-electron chi connectivity index (χ3n) is 3.26. The molecule has 2 aromatic rings. The number of para-hydroxylation sites is 2. The van der Waals surface area contributed by atoms with Crippen molar-refractivity contribution in [1.82, 2.24) is 15.6 Å². The van der Waals surface area contributed by atoms with Crippen LogP contribution in [0.1, 0.15) is 25.7 Å². The summed E-state index contributed by atoms with van der Waals surface area (Å²) in [6.07, 6.45) is 1.16. The lowest BCUT2D eigenvalue weighted by atomic mass is 10.3. The van der Waals surface area contributed by atoms with Gasteiger partial charge in [0.25, 0.3) is 5.91 Å². The van der Waals surface area contributed by atoms with Crippen molar-refractivity contribution in [1.29, 1.82) is 0 Å². The Bertz CT molecular complexity index is 708. The molecule has 0 aliphatic rings. The number of benzene rings is 1. The summed E-state index contributed by atoms with van der Waals surface area (Å²) in [4.78, 5) is 38.8. The first-order chi connectivity index (χ1) is 12.1. The Morgan fingerprint density at radius 3 is 2.72 bits per heavy atom. The van der Waals surface area contributed by atoms with Crippen molar-refractivity contribution in [2.45, 2.75) is 26.2 Å². The van der Waals surface area contributed by atoms with E-state index < -0.39 is 18.5 Å². The standard InChI is InChI=1S/C17H21N3O5/c1-2-9-18-14(21)10-19-15(22)11-24-17(23)8-7-16-20-12-5-3-4-6-13(12)25-16/h3-6H,2,7-11H2,1H3,(H,18,21)(H,19,22). The number of hydrogen-bond acceptors (Lipinski definition) is 6. The molecule has 8 nitrogen and oxygen atoms in total. The highest BCUT2D eigenvalue weighted by Gasteiger charge is 2.11. The summed E-state index contributed by atoms with van der Waals surface area (Å²) in [6.45, 7) is 1.92. The number of nitrogens with zero attached hydrogens (tertiary/aromatic N) is 1. The van der Waals surface area contributed by atoms with E-state index in [1.807, 2.05) is 25.1 Å². The van der Waals surface area contributed by atoms with Gasteiger partial charge in [-0.05, 0) is 18.6 Å². The summed E-state index contributed by atoms with van der Waals surface area (Å²) in [5, 5.41) is 5.00. The average molecular weight is 347 g/mol. The van der Waals surface area contributed by atoms with Gasteiger partial charge in [-0.3, -0.25) is 14.4 Å². The lowest BCUT2D eigenvalue weighted by Gasteiger charge is -2.06. The number of fused-ring (bicyclic) bond motifs is 1. The fourth-order valence-electron chi connectivity index (χ4n) is 2.01. The van der Waals surface area contributed by atoms with Crippen molar-refractivity contribution in [3.63, 3.8) is 0 Å². The summed E-state index contributed by atoms with van der Waals surface area (Å²) in [7, 11) is 0. The minimum Gasteiger partial charge on any atom is -0.456 e. The van der Waals surface area contributed by atoms with E-state index in [1.165, 1.54) is 0 Å². The largest absolute Gasteiger partial charge is 0.456 e. The van der Waals surface area contributed by atoms with Crippen LogP contribution in [0.25, 0.3) is 11.1 Å². The quantitative estimate of drug-likeness (QED) is 0.653. The van der Waals surface area contributed by atoms with Crippen LogP contribution in [0.3, 0.4) is 0 Å². The minimum absolute atomic E-state index is 0.0527. The van der Waals surface area contributed by atoms with Gasteiger partial charge in [0, 0.05) is 13.0 Å². The molecule has 0 unspecified atom stereocenters. The second-order valence-electron chi connectivity index (χ2n) is 5.36. The Balaban J connectivity index is 1.64. The van der Waals surface area contributed by atoms with E-state index in [0.29, 0.717) is 18.0 Å². The zero-order valence-electron chi connectivity index (χ0n) is 14.0. The average Bonchev–Trinajstić information content (AvgIpc) is 3.04. The number of oxazole rings is 1. The Hall–Kier alpha value is -2.90. The molecule has 25 heavy (non-hydrogen) atoms. The van der Waals surface area contributed by atoms with Crippen LogP contribution in [-0.2, 0) is 25.5 Å². The number of carbonyl (C=O) groups is 3. The van der Waals surface area contributed by atoms with E-state index >= 15 is 0 Å². The van der Waals surface area contributed by atoms with E-state index in [-0.39, 0.29) is 25.3 Å². The molecule has 2 rings (SSSR count). The highest BCUT2D eigenvalue weighted by atomic mass is 16.5. The molecule has 1 heterocycles. The Morgan fingerprint density at radius 2 is 1.96 bits per heavy atom. The Labute approximate surface area is 144 Å². The summed E-state index contributed by atoms with van der Waals surface area (Å²) >= 11 is 0. The van der Waals surface area contributed by atoms with Crippen LogP contribution in [0, 0.1) is 0 Å². The zero-order chi connectivity index (χ0) is 18.1. The van der Waals surface area contributed by atoms with Crippen molar-refractivity contribution in [2.75, 3.05) is 19.7 Å². The minimum atomic E-state index is -0.534. The monoisotopic (exact) mass is 347 g/mol. The van der Waals surface area contributed by atoms with E-state index in [2.05, 4.69) is 15.6 Å². The van der Waals surface area contributed by atoms with E-state index in [1.54, 1.807) is 6.07 Å². The first-order valence-corrected chi connectivity index (χ1v) is 8.12. The van der Waals surface area contributed by atoms with Gasteiger partial charge in [0.2, 0.25) is 5.91 Å². The number of aromatic nitrogens is 1. The molecule has 0 saturated carbocycles. The smallest absolute Gasteiger partial charge is 0.306 e. The summed E-state index contributed by atoms with van der Waals surface area (Å²) in [5.74, 6) is -0.901. The Morgan fingerprint density at radius 1 is 1.16 bits per heavy atom. The molecule has 0 fully saturated rings. The molecule has 0 saturated heterocycles. The molecule has 134 valence electrons. The van der Waals surface area contributed by atoms with Crippen molar-refractivity contribution in [3.05, 3.63) is 30.2 Å². The van der Waals surface area contributed by atoms with Crippen LogP contribution in [0.5, 0.6) is 0 Å². The predicted octanol–water partition coefficient (Wildman–Crippen LogP) is 0.946. The van der Waals surface area contributed by atoms with E-state index in [9.17, 15) is 14.4 Å². The normalized spacial score (nSPS) is 10.4. The van der Waals surface area contributed by atoms with Crippen molar-refractivity contribution in [2.24, 2.45) is 0 Å². The first-order valence-electron chi connectivity index (χ1n) is 8.12. The maximum Gasteiger partial charge on any atom is 0.306 e. The van der Waals surface area contributed by atoms with Gasteiger partial charge in [-0.1, -0.05) is 19.1 Å². The number of nitrogens with one attached hydrogen (secondary N) is 2. The van der Waals surface area contributed by atoms with Crippen LogP contribution in [0.15, 0.2) is 28.7 Å². The van der Waals surface area contributed by atoms with Gasteiger partial charge in [0.1, 0.15) is 5.52 Å². The van der Waals surface area contributed by atoms with Crippen LogP contribution in [0.4, 0.5) is 0 Å². The van der Waals surface area contributed by atoms with Crippen LogP contribution in [0.2, 0.25) is 0 Å². The molecule has 0 aliphatic carbocycles. The predicted molar refractivity (Wildman–Crippen MR) is 89.6 cm³/mol. The van der Waals surface area contributed by atoms with Gasteiger partial charge in [-0.2, -0.15) is 0 Å². The van der Waals surface area contributed by atoms with Crippen molar-refractivity contribution >= 4 is 28.9 Å².